The molecule has 122 valence electrons. The number of hydrogen-bond acceptors (Lipinski definition) is 4. The van der Waals surface area contributed by atoms with Gasteiger partial charge in [0.25, 0.3) is 0 Å². The van der Waals surface area contributed by atoms with Gasteiger partial charge >= 0.3 is 0 Å². The van der Waals surface area contributed by atoms with Gasteiger partial charge in [-0.05, 0) is 41.0 Å². The van der Waals surface area contributed by atoms with Crippen molar-refractivity contribution in [1.82, 2.24) is 29.7 Å². The summed E-state index contributed by atoms with van der Waals surface area (Å²) in [5, 5.41) is 12.4. The fourth-order valence-electron chi connectivity index (χ4n) is 3.72. The molecule has 0 bridgehead atoms. The van der Waals surface area contributed by atoms with E-state index >= 15 is 0 Å². The molecule has 1 aliphatic carbocycles. The Balaban J connectivity index is 1.51. The standard InChI is InChI=1S/C18H20N6/c1-2-5-14(6-3-1)18-16-7-4-10-22(16)11-12-23(18)13-17-19-20-21-24(17)15-8-9-15/h1-7,10,15,18H,8-9,11-13H2/t18-/m0/s1. The first-order valence-corrected chi connectivity index (χ1v) is 8.61. The summed E-state index contributed by atoms with van der Waals surface area (Å²) in [6.07, 6.45) is 4.57. The van der Waals surface area contributed by atoms with E-state index < -0.39 is 0 Å². The van der Waals surface area contributed by atoms with Crippen LogP contribution in [0.1, 0.15) is 42.0 Å². The van der Waals surface area contributed by atoms with E-state index in [0.717, 1.165) is 25.5 Å². The molecule has 1 saturated carbocycles. The molecule has 1 aromatic carbocycles. The minimum Gasteiger partial charge on any atom is -0.348 e. The number of fused-ring (bicyclic) bond motifs is 1. The normalized spacial score (nSPS) is 20.9. The lowest BCUT2D eigenvalue weighted by Crippen LogP contribution is -2.38. The molecule has 2 aliphatic rings. The Kier molecular flexibility index (Phi) is 3.23. The maximum Gasteiger partial charge on any atom is 0.165 e. The van der Waals surface area contributed by atoms with Gasteiger partial charge in [0.05, 0.1) is 18.6 Å². The Morgan fingerprint density at radius 1 is 1.00 bits per heavy atom. The zero-order valence-corrected chi connectivity index (χ0v) is 13.5. The van der Waals surface area contributed by atoms with Gasteiger partial charge in [0.1, 0.15) is 0 Å². The van der Waals surface area contributed by atoms with Gasteiger partial charge in [-0.3, -0.25) is 4.90 Å². The fraction of sp³-hybridized carbons (Fsp3) is 0.389. The van der Waals surface area contributed by atoms with Gasteiger partial charge in [-0.15, -0.1) is 5.10 Å². The van der Waals surface area contributed by atoms with Crippen molar-refractivity contribution in [3.8, 4) is 0 Å². The second kappa shape index (κ2) is 5.56. The fourth-order valence-corrected chi connectivity index (χ4v) is 3.72. The topological polar surface area (TPSA) is 51.8 Å². The van der Waals surface area contributed by atoms with Crippen molar-refractivity contribution in [2.24, 2.45) is 0 Å². The Morgan fingerprint density at radius 3 is 2.71 bits per heavy atom. The van der Waals surface area contributed by atoms with Crippen molar-refractivity contribution in [3.63, 3.8) is 0 Å². The first-order valence-electron chi connectivity index (χ1n) is 8.61. The molecule has 1 aliphatic heterocycles. The predicted molar refractivity (Wildman–Crippen MR) is 89.2 cm³/mol. The molecule has 0 N–H and O–H groups in total. The SMILES string of the molecule is c1ccc([C@H]2c3cccn3CCN2Cc2nnnn2C2CC2)cc1. The summed E-state index contributed by atoms with van der Waals surface area (Å²) in [6.45, 7) is 2.80. The van der Waals surface area contributed by atoms with E-state index in [1.54, 1.807) is 0 Å². The lowest BCUT2D eigenvalue weighted by Gasteiger charge is -2.37. The van der Waals surface area contributed by atoms with E-state index in [1.807, 2.05) is 4.68 Å². The summed E-state index contributed by atoms with van der Waals surface area (Å²) in [4.78, 5) is 2.50. The molecule has 5 rings (SSSR count). The molecule has 0 saturated heterocycles. The summed E-state index contributed by atoms with van der Waals surface area (Å²) in [5.41, 5.74) is 2.67. The van der Waals surface area contributed by atoms with Crippen LogP contribution in [0.5, 0.6) is 0 Å². The number of benzene rings is 1. The highest BCUT2D eigenvalue weighted by molar-refractivity contribution is 5.30. The highest BCUT2D eigenvalue weighted by Gasteiger charge is 2.32. The molecule has 3 heterocycles. The minimum absolute atomic E-state index is 0.249. The highest BCUT2D eigenvalue weighted by atomic mass is 15.6. The van der Waals surface area contributed by atoms with Gasteiger partial charge in [0.2, 0.25) is 0 Å². The Labute approximate surface area is 140 Å². The van der Waals surface area contributed by atoms with Crippen molar-refractivity contribution in [2.75, 3.05) is 6.54 Å². The zero-order valence-electron chi connectivity index (χ0n) is 13.5. The molecule has 6 heteroatoms. The van der Waals surface area contributed by atoms with Gasteiger partial charge < -0.3 is 4.57 Å². The largest absolute Gasteiger partial charge is 0.348 e. The first kappa shape index (κ1) is 13.9. The Morgan fingerprint density at radius 2 is 1.88 bits per heavy atom. The first-order chi connectivity index (χ1) is 11.9. The van der Waals surface area contributed by atoms with Crippen LogP contribution in [0.3, 0.4) is 0 Å². The van der Waals surface area contributed by atoms with Crippen LogP contribution >= 0.6 is 0 Å². The molecule has 0 spiro atoms. The third kappa shape index (κ3) is 2.34. The molecule has 1 fully saturated rings. The van der Waals surface area contributed by atoms with Gasteiger partial charge in [0.15, 0.2) is 5.82 Å². The average molecular weight is 320 g/mol. The minimum atomic E-state index is 0.249. The van der Waals surface area contributed by atoms with Crippen LogP contribution in [0.4, 0.5) is 0 Å². The van der Waals surface area contributed by atoms with Crippen molar-refractivity contribution in [3.05, 3.63) is 65.7 Å². The van der Waals surface area contributed by atoms with Gasteiger partial charge in [-0.25, -0.2) is 4.68 Å². The van der Waals surface area contributed by atoms with Crippen LogP contribution in [0, 0.1) is 0 Å². The Bertz CT molecular complexity index is 832. The third-order valence-electron chi connectivity index (χ3n) is 5.05. The van der Waals surface area contributed by atoms with Gasteiger partial charge in [0, 0.05) is 25.0 Å². The lowest BCUT2D eigenvalue weighted by molar-refractivity contribution is 0.167. The molecule has 2 aromatic heterocycles. The van der Waals surface area contributed by atoms with Crippen molar-refractivity contribution < 1.29 is 0 Å². The summed E-state index contributed by atoms with van der Waals surface area (Å²) in [5.74, 6) is 0.985. The summed E-state index contributed by atoms with van der Waals surface area (Å²) in [7, 11) is 0. The maximum absolute atomic E-state index is 4.30. The second-order valence-corrected chi connectivity index (χ2v) is 6.68. The third-order valence-corrected chi connectivity index (χ3v) is 5.05. The molecule has 0 unspecified atom stereocenters. The van der Waals surface area contributed by atoms with E-state index in [1.165, 1.54) is 24.1 Å². The van der Waals surface area contributed by atoms with Crippen LogP contribution in [-0.2, 0) is 13.1 Å². The average Bonchev–Trinajstić information content (AvgIpc) is 3.17. The molecule has 6 nitrogen and oxygen atoms in total. The van der Waals surface area contributed by atoms with Crippen molar-refractivity contribution >= 4 is 0 Å². The van der Waals surface area contributed by atoms with E-state index in [9.17, 15) is 0 Å². The molecular formula is C18H20N6. The number of aromatic nitrogens is 5. The number of nitrogens with zero attached hydrogens (tertiary/aromatic N) is 6. The predicted octanol–water partition coefficient (Wildman–Crippen LogP) is 2.41. The summed E-state index contributed by atoms with van der Waals surface area (Å²) < 4.78 is 4.38. The van der Waals surface area contributed by atoms with Crippen molar-refractivity contribution in [1.29, 1.82) is 0 Å². The molecule has 1 atom stereocenters. The van der Waals surface area contributed by atoms with E-state index in [-0.39, 0.29) is 6.04 Å². The molecule has 0 amide bonds. The van der Waals surface area contributed by atoms with E-state index in [2.05, 4.69) is 73.7 Å². The van der Waals surface area contributed by atoms with E-state index in [0.29, 0.717) is 6.04 Å². The molecule has 24 heavy (non-hydrogen) atoms. The molecule has 3 aromatic rings. The smallest absolute Gasteiger partial charge is 0.165 e. The van der Waals surface area contributed by atoms with Crippen molar-refractivity contribution in [2.45, 2.75) is 38.0 Å². The summed E-state index contributed by atoms with van der Waals surface area (Å²) >= 11 is 0. The monoisotopic (exact) mass is 320 g/mol. The summed E-state index contributed by atoms with van der Waals surface area (Å²) in [6, 6.07) is 15.9. The van der Waals surface area contributed by atoms with Crippen LogP contribution in [0.15, 0.2) is 48.7 Å². The lowest BCUT2D eigenvalue weighted by atomic mass is 10.00. The van der Waals surface area contributed by atoms with Crippen LogP contribution in [0.2, 0.25) is 0 Å². The van der Waals surface area contributed by atoms with Crippen LogP contribution in [0.25, 0.3) is 0 Å². The highest BCUT2D eigenvalue weighted by Crippen LogP contribution is 2.36. The van der Waals surface area contributed by atoms with Gasteiger partial charge in [-0.1, -0.05) is 30.3 Å². The second-order valence-electron chi connectivity index (χ2n) is 6.68. The van der Waals surface area contributed by atoms with Crippen LogP contribution < -0.4 is 0 Å². The molecular weight excluding hydrogens is 300 g/mol. The maximum atomic E-state index is 4.30. The number of hydrogen-bond donors (Lipinski definition) is 0. The quantitative estimate of drug-likeness (QED) is 0.741. The molecule has 0 radical (unpaired) electrons. The van der Waals surface area contributed by atoms with Crippen LogP contribution in [-0.4, -0.2) is 36.2 Å². The number of tetrazole rings is 1. The van der Waals surface area contributed by atoms with Gasteiger partial charge in [-0.2, -0.15) is 0 Å². The Hall–Kier alpha value is -2.47. The number of rotatable bonds is 4. The van der Waals surface area contributed by atoms with E-state index in [4.69, 9.17) is 0 Å². The zero-order chi connectivity index (χ0) is 15.9.